The first-order valence-electron chi connectivity index (χ1n) is 8.85. The molecule has 4 rings (SSSR count). The summed E-state index contributed by atoms with van der Waals surface area (Å²) in [4.78, 5) is 30.7. The number of aromatic nitrogens is 2. The van der Waals surface area contributed by atoms with Crippen molar-refractivity contribution in [3.05, 3.63) is 77.6 Å². The Morgan fingerprint density at radius 2 is 1.83 bits per heavy atom. The lowest BCUT2D eigenvalue weighted by atomic mass is 10.1. The number of fused-ring (bicyclic) bond motifs is 1. The van der Waals surface area contributed by atoms with Crippen LogP contribution in [-0.2, 0) is 12.7 Å². The molecule has 30 heavy (non-hydrogen) atoms. The van der Waals surface area contributed by atoms with Gasteiger partial charge in [-0.15, -0.1) is 0 Å². The van der Waals surface area contributed by atoms with Crippen LogP contribution in [0.1, 0.15) is 26.4 Å². The Morgan fingerprint density at radius 3 is 2.47 bits per heavy atom. The molecule has 3 aromatic rings. The molecular formula is C20H14F4N4O2. The van der Waals surface area contributed by atoms with Gasteiger partial charge in [0.15, 0.2) is 5.95 Å². The van der Waals surface area contributed by atoms with Gasteiger partial charge < -0.3 is 14.8 Å². The largest absolute Gasteiger partial charge is 0.416 e. The first-order valence-corrected chi connectivity index (χ1v) is 8.85. The Hall–Kier alpha value is -3.69. The molecular weight excluding hydrogens is 404 g/mol. The topological polar surface area (TPSA) is 67.2 Å². The number of carbonyl (C=O) groups is 2. The summed E-state index contributed by atoms with van der Waals surface area (Å²) in [5, 5.41) is 2.54. The number of hydrogen-bond acceptors (Lipinski definition) is 3. The molecule has 154 valence electrons. The molecule has 0 atom stereocenters. The van der Waals surface area contributed by atoms with Crippen molar-refractivity contribution in [3.8, 4) is 0 Å². The van der Waals surface area contributed by atoms with Crippen LogP contribution < -0.4 is 10.2 Å². The third kappa shape index (κ3) is 3.51. The average Bonchev–Trinajstić information content (AvgIpc) is 3.06. The van der Waals surface area contributed by atoms with Crippen molar-refractivity contribution in [3.63, 3.8) is 0 Å². The summed E-state index contributed by atoms with van der Waals surface area (Å²) in [6, 6.07) is 8.23. The normalized spacial score (nSPS) is 13.9. The standard InChI is InChI=1S/C20H14F4N4O2/c21-16-10-15(18(29)26-13-2-1-7-25-11-13)17-19(30)27(8-9-28(16)17)14-5-3-12(4-6-14)20(22,23)24/h1-7,10-11H,8-9H2,(H,26,29). The molecule has 10 heteroatoms. The zero-order chi connectivity index (χ0) is 21.5. The Kier molecular flexibility index (Phi) is 4.76. The van der Waals surface area contributed by atoms with Gasteiger partial charge >= 0.3 is 6.18 Å². The third-order valence-corrected chi connectivity index (χ3v) is 4.71. The van der Waals surface area contributed by atoms with E-state index in [4.69, 9.17) is 0 Å². The van der Waals surface area contributed by atoms with Crippen molar-refractivity contribution in [1.29, 1.82) is 0 Å². The molecule has 0 unspecified atom stereocenters. The summed E-state index contributed by atoms with van der Waals surface area (Å²) in [7, 11) is 0. The van der Waals surface area contributed by atoms with Gasteiger partial charge in [0.2, 0.25) is 0 Å². The molecule has 0 spiro atoms. The van der Waals surface area contributed by atoms with Gasteiger partial charge in [-0.05, 0) is 36.4 Å². The fraction of sp³-hybridized carbons (Fsp3) is 0.150. The van der Waals surface area contributed by atoms with E-state index in [1.807, 2.05) is 0 Å². The second-order valence-corrected chi connectivity index (χ2v) is 6.58. The maximum Gasteiger partial charge on any atom is 0.416 e. The number of carbonyl (C=O) groups excluding carboxylic acids is 2. The van der Waals surface area contributed by atoms with Crippen LogP contribution in [0.5, 0.6) is 0 Å². The molecule has 6 nitrogen and oxygen atoms in total. The molecule has 0 bridgehead atoms. The quantitative estimate of drug-likeness (QED) is 0.655. The van der Waals surface area contributed by atoms with Gasteiger partial charge in [-0.3, -0.25) is 14.6 Å². The number of alkyl halides is 3. The maximum atomic E-state index is 14.4. The number of nitrogens with one attached hydrogen (secondary N) is 1. The highest BCUT2D eigenvalue weighted by atomic mass is 19.4. The molecule has 1 aromatic carbocycles. The zero-order valence-corrected chi connectivity index (χ0v) is 15.3. The van der Waals surface area contributed by atoms with E-state index >= 15 is 0 Å². The van der Waals surface area contributed by atoms with Gasteiger partial charge in [0.1, 0.15) is 5.69 Å². The van der Waals surface area contributed by atoms with E-state index in [1.165, 1.54) is 29.4 Å². The summed E-state index contributed by atoms with van der Waals surface area (Å²) < 4.78 is 53.8. The zero-order valence-electron chi connectivity index (χ0n) is 15.3. The fourth-order valence-electron chi connectivity index (χ4n) is 3.28. The van der Waals surface area contributed by atoms with Gasteiger partial charge in [-0.2, -0.15) is 17.6 Å². The van der Waals surface area contributed by atoms with Crippen LogP contribution in [-0.4, -0.2) is 27.9 Å². The van der Waals surface area contributed by atoms with E-state index in [1.54, 1.807) is 12.1 Å². The van der Waals surface area contributed by atoms with Crippen LogP contribution in [0.2, 0.25) is 0 Å². The van der Waals surface area contributed by atoms with E-state index in [0.717, 1.165) is 22.8 Å². The van der Waals surface area contributed by atoms with Crippen molar-refractivity contribution in [1.82, 2.24) is 9.55 Å². The van der Waals surface area contributed by atoms with E-state index in [0.29, 0.717) is 5.69 Å². The second-order valence-electron chi connectivity index (χ2n) is 6.58. The minimum Gasteiger partial charge on any atom is -0.321 e. The van der Waals surface area contributed by atoms with Crippen LogP contribution in [0, 0.1) is 5.95 Å². The number of anilines is 2. The van der Waals surface area contributed by atoms with Crippen molar-refractivity contribution >= 4 is 23.2 Å². The van der Waals surface area contributed by atoms with E-state index in [9.17, 15) is 27.2 Å². The molecule has 0 fully saturated rings. The van der Waals surface area contributed by atoms with Gasteiger partial charge in [0.25, 0.3) is 11.8 Å². The van der Waals surface area contributed by atoms with Gasteiger partial charge in [0, 0.05) is 31.0 Å². The Bertz CT molecular complexity index is 1110. The molecule has 1 aliphatic heterocycles. The molecule has 0 aliphatic carbocycles. The van der Waals surface area contributed by atoms with Gasteiger partial charge in [-0.1, -0.05) is 0 Å². The van der Waals surface area contributed by atoms with Crippen LogP contribution in [0.4, 0.5) is 28.9 Å². The van der Waals surface area contributed by atoms with Crippen LogP contribution in [0.15, 0.2) is 54.9 Å². The Labute approximate surface area is 167 Å². The average molecular weight is 418 g/mol. The van der Waals surface area contributed by atoms with Crippen LogP contribution >= 0.6 is 0 Å². The van der Waals surface area contributed by atoms with Gasteiger partial charge in [-0.25, -0.2) is 0 Å². The first kappa shape index (κ1) is 19.6. The second kappa shape index (κ2) is 7.29. The van der Waals surface area contributed by atoms with E-state index in [2.05, 4.69) is 10.3 Å². The third-order valence-electron chi connectivity index (χ3n) is 4.71. The minimum atomic E-state index is -4.50. The molecule has 0 radical (unpaired) electrons. The highest BCUT2D eigenvalue weighted by molar-refractivity contribution is 6.15. The number of rotatable bonds is 3. The molecule has 2 amide bonds. The Balaban J connectivity index is 1.65. The monoisotopic (exact) mass is 418 g/mol. The summed E-state index contributed by atoms with van der Waals surface area (Å²) in [6.07, 6.45) is -1.59. The van der Waals surface area contributed by atoms with Crippen molar-refractivity contribution < 1.29 is 27.2 Å². The van der Waals surface area contributed by atoms with Crippen molar-refractivity contribution in [2.45, 2.75) is 12.7 Å². The van der Waals surface area contributed by atoms with Gasteiger partial charge in [0.05, 0.1) is 23.0 Å². The van der Waals surface area contributed by atoms with Crippen molar-refractivity contribution in [2.75, 3.05) is 16.8 Å². The lowest BCUT2D eigenvalue weighted by Crippen LogP contribution is -2.41. The highest BCUT2D eigenvalue weighted by Gasteiger charge is 2.34. The maximum absolute atomic E-state index is 14.4. The molecule has 2 aromatic heterocycles. The summed E-state index contributed by atoms with van der Waals surface area (Å²) in [6.45, 7) is 0.0978. The lowest BCUT2D eigenvalue weighted by Gasteiger charge is -2.29. The molecule has 0 saturated carbocycles. The number of benzene rings is 1. The Morgan fingerprint density at radius 1 is 1.10 bits per heavy atom. The number of amides is 2. The van der Waals surface area contributed by atoms with Crippen molar-refractivity contribution in [2.24, 2.45) is 0 Å². The summed E-state index contributed by atoms with van der Waals surface area (Å²) >= 11 is 0. The molecule has 0 saturated heterocycles. The minimum absolute atomic E-state index is 0.0481. The smallest absolute Gasteiger partial charge is 0.321 e. The number of hydrogen-bond donors (Lipinski definition) is 1. The fourth-order valence-corrected chi connectivity index (χ4v) is 3.28. The first-order chi connectivity index (χ1) is 14.3. The summed E-state index contributed by atoms with van der Waals surface area (Å²) in [5.74, 6) is -2.12. The highest BCUT2D eigenvalue weighted by Crippen LogP contribution is 2.32. The number of pyridine rings is 1. The van der Waals surface area contributed by atoms with Crippen LogP contribution in [0.3, 0.4) is 0 Å². The SMILES string of the molecule is O=C(Nc1cccnc1)c1cc(F)n2c1C(=O)N(c1ccc(C(F)(F)F)cc1)CC2. The number of nitrogens with zero attached hydrogens (tertiary/aromatic N) is 3. The lowest BCUT2D eigenvalue weighted by molar-refractivity contribution is -0.137. The predicted octanol–water partition coefficient (Wildman–Crippen LogP) is 3.95. The molecule has 3 heterocycles. The van der Waals surface area contributed by atoms with E-state index in [-0.39, 0.29) is 30.0 Å². The van der Waals surface area contributed by atoms with E-state index < -0.39 is 29.5 Å². The summed E-state index contributed by atoms with van der Waals surface area (Å²) in [5.41, 5.74) is -0.593. The van der Waals surface area contributed by atoms with Crippen LogP contribution in [0.25, 0.3) is 0 Å². The molecule has 1 aliphatic rings. The molecule has 1 N–H and O–H groups in total. The number of halogens is 4. The predicted molar refractivity (Wildman–Crippen MR) is 99.7 cm³/mol.